The molecule has 1 aliphatic rings. The summed E-state index contributed by atoms with van der Waals surface area (Å²) in [6, 6.07) is 14.4. The molecule has 0 bridgehead atoms. The van der Waals surface area contributed by atoms with Gasteiger partial charge in [0.15, 0.2) is 0 Å². The Kier molecular flexibility index (Phi) is 4.41. The molecule has 2 aromatic carbocycles. The van der Waals surface area contributed by atoms with Crippen LogP contribution in [-0.4, -0.2) is 48.2 Å². The van der Waals surface area contributed by atoms with Crippen LogP contribution in [0.3, 0.4) is 0 Å². The van der Waals surface area contributed by atoms with Gasteiger partial charge >= 0.3 is 0 Å². The van der Waals surface area contributed by atoms with E-state index in [1.54, 1.807) is 4.90 Å². The van der Waals surface area contributed by atoms with Gasteiger partial charge in [-0.1, -0.05) is 42.5 Å². The van der Waals surface area contributed by atoms with E-state index in [9.17, 15) is 9.90 Å². The Hall–Kier alpha value is -1.91. The minimum atomic E-state index is -0.402. The molecule has 1 amide bonds. The van der Waals surface area contributed by atoms with Crippen molar-refractivity contribution in [1.29, 1.82) is 0 Å². The van der Waals surface area contributed by atoms with E-state index >= 15 is 0 Å². The predicted molar refractivity (Wildman–Crippen MR) is 87.7 cm³/mol. The molecule has 2 aromatic rings. The third-order valence-electron chi connectivity index (χ3n) is 4.38. The number of β-amino-alcohol motifs (C(OH)–C–C–N with tert-alkyl or cyclic N) is 1. The van der Waals surface area contributed by atoms with Gasteiger partial charge in [0.2, 0.25) is 5.91 Å². The van der Waals surface area contributed by atoms with Crippen LogP contribution in [0.5, 0.6) is 0 Å². The van der Waals surface area contributed by atoms with E-state index in [-0.39, 0.29) is 11.9 Å². The topological polar surface area (TPSA) is 52.6 Å². The van der Waals surface area contributed by atoms with Crippen molar-refractivity contribution < 1.29 is 9.90 Å². The SMILES string of the molecule is CN(CCc1cccc2ccccc12)C(=O)[C@H]1C[C@@H](O)CN1. The monoisotopic (exact) mass is 298 g/mol. The summed E-state index contributed by atoms with van der Waals surface area (Å²) >= 11 is 0. The first kappa shape index (κ1) is 15.0. The Morgan fingerprint density at radius 2 is 2.05 bits per heavy atom. The van der Waals surface area contributed by atoms with Crippen molar-refractivity contribution in [2.24, 2.45) is 0 Å². The number of hydrogen-bond donors (Lipinski definition) is 2. The highest BCUT2D eigenvalue weighted by Gasteiger charge is 2.29. The van der Waals surface area contributed by atoms with Crippen LogP contribution in [0, 0.1) is 0 Å². The number of hydrogen-bond acceptors (Lipinski definition) is 3. The molecule has 0 saturated carbocycles. The minimum absolute atomic E-state index is 0.0665. The summed E-state index contributed by atoms with van der Waals surface area (Å²) in [5.74, 6) is 0.0665. The van der Waals surface area contributed by atoms with Crippen LogP contribution in [0.25, 0.3) is 10.8 Å². The van der Waals surface area contributed by atoms with Crippen molar-refractivity contribution in [3.8, 4) is 0 Å². The van der Waals surface area contributed by atoms with E-state index in [0.717, 1.165) is 6.42 Å². The van der Waals surface area contributed by atoms with E-state index in [1.165, 1.54) is 16.3 Å². The van der Waals surface area contributed by atoms with Crippen molar-refractivity contribution in [2.75, 3.05) is 20.1 Å². The van der Waals surface area contributed by atoms with Crippen molar-refractivity contribution in [3.63, 3.8) is 0 Å². The first-order chi connectivity index (χ1) is 10.6. The number of aliphatic hydroxyl groups excluding tert-OH is 1. The van der Waals surface area contributed by atoms with E-state index in [2.05, 4.69) is 35.6 Å². The average molecular weight is 298 g/mol. The standard InChI is InChI=1S/C18H22N2O2/c1-20(18(22)17-11-15(21)12-19-17)10-9-14-7-4-6-13-5-2-3-8-16(13)14/h2-8,15,17,19,21H,9-12H2,1H3/t15-,17-/m1/s1. The molecule has 1 saturated heterocycles. The van der Waals surface area contributed by atoms with Crippen molar-refractivity contribution in [2.45, 2.75) is 25.0 Å². The Bertz CT molecular complexity index is 666. The fraction of sp³-hybridized carbons (Fsp3) is 0.389. The molecular weight excluding hydrogens is 276 g/mol. The summed E-state index contributed by atoms with van der Waals surface area (Å²) in [5.41, 5.74) is 1.26. The molecule has 3 rings (SSSR count). The second-order valence-corrected chi connectivity index (χ2v) is 6.00. The molecule has 0 unspecified atom stereocenters. The van der Waals surface area contributed by atoms with Gasteiger partial charge in [0.25, 0.3) is 0 Å². The largest absolute Gasteiger partial charge is 0.392 e. The maximum absolute atomic E-state index is 12.3. The molecule has 2 atom stereocenters. The number of amides is 1. The summed E-state index contributed by atoms with van der Waals surface area (Å²) in [4.78, 5) is 14.1. The van der Waals surface area contributed by atoms with Crippen molar-refractivity contribution in [3.05, 3.63) is 48.0 Å². The molecule has 2 N–H and O–H groups in total. The number of nitrogens with one attached hydrogen (secondary N) is 1. The lowest BCUT2D eigenvalue weighted by Gasteiger charge is -2.21. The molecule has 0 radical (unpaired) electrons. The molecule has 116 valence electrons. The molecule has 1 fully saturated rings. The van der Waals surface area contributed by atoms with Crippen LogP contribution in [0.2, 0.25) is 0 Å². The summed E-state index contributed by atoms with van der Waals surface area (Å²) in [6.07, 6.45) is 0.941. The van der Waals surface area contributed by atoms with Crippen molar-refractivity contribution in [1.82, 2.24) is 10.2 Å². The van der Waals surface area contributed by atoms with Gasteiger partial charge in [-0.25, -0.2) is 0 Å². The van der Waals surface area contributed by atoms with Gasteiger partial charge in [0.1, 0.15) is 0 Å². The number of benzene rings is 2. The minimum Gasteiger partial charge on any atom is -0.392 e. The maximum atomic E-state index is 12.3. The molecule has 4 nitrogen and oxygen atoms in total. The van der Waals surface area contributed by atoms with Crippen LogP contribution in [0.15, 0.2) is 42.5 Å². The van der Waals surface area contributed by atoms with Gasteiger partial charge in [-0.05, 0) is 29.2 Å². The second-order valence-electron chi connectivity index (χ2n) is 6.00. The van der Waals surface area contributed by atoms with Gasteiger partial charge in [-0.3, -0.25) is 4.79 Å². The lowest BCUT2D eigenvalue weighted by Crippen LogP contribution is -2.42. The summed E-state index contributed by atoms with van der Waals surface area (Å²) in [6.45, 7) is 1.19. The Morgan fingerprint density at radius 3 is 2.82 bits per heavy atom. The number of aliphatic hydroxyl groups is 1. The molecule has 0 aliphatic carbocycles. The lowest BCUT2D eigenvalue weighted by molar-refractivity contribution is -0.131. The molecule has 1 aliphatic heterocycles. The quantitative estimate of drug-likeness (QED) is 0.901. The Morgan fingerprint density at radius 1 is 1.27 bits per heavy atom. The molecular formula is C18H22N2O2. The number of rotatable bonds is 4. The fourth-order valence-electron chi connectivity index (χ4n) is 3.08. The predicted octanol–water partition coefficient (Wildman–Crippen LogP) is 1.56. The zero-order valence-electron chi connectivity index (χ0n) is 12.8. The molecule has 0 spiro atoms. The smallest absolute Gasteiger partial charge is 0.239 e. The maximum Gasteiger partial charge on any atom is 0.239 e. The highest BCUT2D eigenvalue weighted by molar-refractivity contribution is 5.86. The van der Waals surface area contributed by atoms with E-state index in [1.807, 2.05) is 19.2 Å². The van der Waals surface area contributed by atoms with Gasteiger partial charge in [0.05, 0.1) is 12.1 Å². The number of carbonyl (C=O) groups excluding carboxylic acids is 1. The fourth-order valence-corrected chi connectivity index (χ4v) is 3.08. The van der Waals surface area contributed by atoms with Gasteiger partial charge in [-0.15, -0.1) is 0 Å². The third-order valence-corrected chi connectivity index (χ3v) is 4.38. The highest BCUT2D eigenvalue weighted by Crippen LogP contribution is 2.19. The van der Waals surface area contributed by atoms with E-state index in [4.69, 9.17) is 0 Å². The van der Waals surface area contributed by atoms with Crippen LogP contribution in [-0.2, 0) is 11.2 Å². The van der Waals surface area contributed by atoms with Crippen LogP contribution in [0.4, 0.5) is 0 Å². The third kappa shape index (κ3) is 3.13. The lowest BCUT2D eigenvalue weighted by atomic mass is 10.0. The first-order valence-corrected chi connectivity index (χ1v) is 7.78. The Balaban J connectivity index is 1.65. The summed E-state index contributed by atoms with van der Waals surface area (Å²) in [7, 11) is 1.83. The Labute approximate surface area is 130 Å². The van der Waals surface area contributed by atoms with Crippen LogP contribution in [0.1, 0.15) is 12.0 Å². The van der Waals surface area contributed by atoms with Gasteiger partial charge in [-0.2, -0.15) is 0 Å². The molecule has 4 heteroatoms. The zero-order chi connectivity index (χ0) is 15.5. The number of nitrogens with zero attached hydrogens (tertiary/aromatic N) is 1. The number of likely N-dealkylation sites (N-methyl/N-ethyl adjacent to an activating group) is 1. The molecule has 22 heavy (non-hydrogen) atoms. The van der Waals surface area contributed by atoms with E-state index in [0.29, 0.717) is 19.5 Å². The summed E-state index contributed by atoms with van der Waals surface area (Å²) < 4.78 is 0. The van der Waals surface area contributed by atoms with Gasteiger partial charge < -0.3 is 15.3 Å². The molecule has 1 heterocycles. The second kappa shape index (κ2) is 6.46. The highest BCUT2D eigenvalue weighted by atomic mass is 16.3. The average Bonchev–Trinajstić information content (AvgIpc) is 2.98. The van der Waals surface area contributed by atoms with Crippen LogP contribution < -0.4 is 5.32 Å². The van der Waals surface area contributed by atoms with Gasteiger partial charge in [0, 0.05) is 20.1 Å². The van der Waals surface area contributed by atoms with Crippen LogP contribution >= 0.6 is 0 Å². The number of fused-ring (bicyclic) bond motifs is 1. The van der Waals surface area contributed by atoms with E-state index < -0.39 is 6.10 Å². The zero-order valence-corrected chi connectivity index (χ0v) is 12.8. The summed E-state index contributed by atoms with van der Waals surface area (Å²) in [5, 5.41) is 15.1. The molecule has 0 aromatic heterocycles. The first-order valence-electron chi connectivity index (χ1n) is 7.78. The van der Waals surface area contributed by atoms with Crippen molar-refractivity contribution >= 4 is 16.7 Å². The normalized spacial score (nSPS) is 21.2. The number of carbonyl (C=O) groups is 1.